The Labute approximate surface area is 194 Å². The number of ether oxygens (including phenoxy) is 1. The molecule has 1 fully saturated rings. The molecule has 0 bridgehead atoms. The SMILES string of the molecule is COC(=O)C1C(C)=NC(C)=C(N(C=O)CCCN2CCCCC2)C1c1ccc([N+](=O)[O-])cc1. The molecule has 2 unspecified atom stereocenters. The van der Waals surface area contributed by atoms with Crippen LogP contribution in [0.1, 0.15) is 51.0 Å². The number of nitro benzene ring substituents is 1. The molecule has 0 saturated carbocycles. The van der Waals surface area contributed by atoms with Gasteiger partial charge < -0.3 is 14.5 Å². The number of esters is 1. The van der Waals surface area contributed by atoms with Crippen LogP contribution < -0.4 is 0 Å². The topological polar surface area (TPSA) is 105 Å². The monoisotopic (exact) mass is 456 g/mol. The Hall–Kier alpha value is -3.07. The first kappa shape index (κ1) is 24.6. The molecule has 1 aromatic rings. The van der Waals surface area contributed by atoms with Gasteiger partial charge in [0.25, 0.3) is 5.69 Å². The number of nitrogens with zero attached hydrogens (tertiary/aromatic N) is 4. The molecule has 178 valence electrons. The van der Waals surface area contributed by atoms with E-state index in [2.05, 4.69) is 9.89 Å². The molecule has 1 amide bonds. The van der Waals surface area contributed by atoms with E-state index in [0.29, 0.717) is 29.2 Å². The zero-order valence-corrected chi connectivity index (χ0v) is 19.5. The highest BCUT2D eigenvalue weighted by Gasteiger charge is 2.41. The highest BCUT2D eigenvalue weighted by atomic mass is 16.6. The summed E-state index contributed by atoms with van der Waals surface area (Å²) in [6.07, 6.45) is 5.27. The third-order valence-electron chi connectivity index (χ3n) is 6.47. The van der Waals surface area contributed by atoms with Crippen LogP contribution in [0.2, 0.25) is 0 Å². The molecule has 0 aromatic heterocycles. The minimum absolute atomic E-state index is 0.0365. The van der Waals surface area contributed by atoms with Crippen molar-refractivity contribution in [3.63, 3.8) is 0 Å². The van der Waals surface area contributed by atoms with Crippen molar-refractivity contribution < 1.29 is 19.2 Å². The van der Waals surface area contributed by atoms with Crippen molar-refractivity contribution in [1.29, 1.82) is 0 Å². The number of hydrogen-bond acceptors (Lipinski definition) is 7. The number of methoxy groups -OCH3 is 1. The number of aliphatic imine (C=N–C) groups is 1. The Morgan fingerprint density at radius 2 is 1.91 bits per heavy atom. The predicted octanol–water partition coefficient (Wildman–Crippen LogP) is 3.51. The van der Waals surface area contributed by atoms with Gasteiger partial charge in [-0.25, -0.2) is 0 Å². The van der Waals surface area contributed by atoms with Crippen LogP contribution >= 0.6 is 0 Å². The van der Waals surface area contributed by atoms with E-state index < -0.39 is 22.7 Å². The van der Waals surface area contributed by atoms with E-state index in [1.807, 2.05) is 6.92 Å². The van der Waals surface area contributed by atoms with Crippen molar-refractivity contribution >= 4 is 23.8 Å². The van der Waals surface area contributed by atoms with E-state index in [4.69, 9.17) is 4.74 Å². The summed E-state index contributed by atoms with van der Waals surface area (Å²) < 4.78 is 5.07. The van der Waals surface area contributed by atoms with Crippen molar-refractivity contribution in [1.82, 2.24) is 9.80 Å². The molecule has 1 aromatic carbocycles. The van der Waals surface area contributed by atoms with Gasteiger partial charge in [0.2, 0.25) is 6.41 Å². The van der Waals surface area contributed by atoms with Crippen molar-refractivity contribution in [3.05, 3.63) is 51.3 Å². The van der Waals surface area contributed by atoms with E-state index >= 15 is 0 Å². The molecule has 9 nitrogen and oxygen atoms in total. The molecule has 3 rings (SSSR count). The quantitative estimate of drug-likeness (QED) is 0.244. The minimum Gasteiger partial charge on any atom is -0.468 e. The summed E-state index contributed by atoms with van der Waals surface area (Å²) in [5.74, 6) is -1.71. The predicted molar refractivity (Wildman–Crippen MR) is 125 cm³/mol. The van der Waals surface area contributed by atoms with Crippen LogP contribution in [-0.4, -0.2) is 66.1 Å². The number of non-ortho nitro benzene ring substituents is 1. The van der Waals surface area contributed by atoms with Crippen LogP contribution in [0.15, 0.2) is 40.7 Å². The highest BCUT2D eigenvalue weighted by Crippen LogP contribution is 2.41. The normalized spacial score (nSPS) is 21.4. The van der Waals surface area contributed by atoms with Gasteiger partial charge in [0.1, 0.15) is 5.92 Å². The zero-order valence-electron chi connectivity index (χ0n) is 19.5. The second-order valence-electron chi connectivity index (χ2n) is 8.61. The average molecular weight is 457 g/mol. The number of amides is 1. The third kappa shape index (κ3) is 5.65. The number of rotatable bonds is 9. The number of likely N-dealkylation sites (tertiary alicyclic amines) is 1. The number of carbonyl (C=O) groups excluding carboxylic acids is 2. The molecule has 0 N–H and O–H groups in total. The van der Waals surface area contributed by atoms with Gasteiger partial charge in [0, 0.05) is 30.3 Å². The van der Waals surface area contributed by atoms with Crippen molar-refractivity contribution in [3.8, 4) is 0 Å². The number of nitro groups is 1. The lowest BCUT2D eigenvalue weighted by atomic mass is 9.78. The average Bonchev–Trinajstić information content (AvgIpc) is 2.82. The van der Waals surface area contributed by atoms with E-state index in [1.165, 1.54) is 38.5 Å². The van der Waals surface area contributed by atoms with Gasteiger partial charge in [-0.3, -0.25) is 24.7 Å². The fourth-order valence-electron chi connectivity index (χ4n) is 4.87. The standard InChI is InChI=1S/C24H32N4O5/c1-17-21(24(30)33-3)22(19-8-10-20(11-9-19)28(31)32)23(18(2)25-17)27(16-29)15-7-14-26-12-5-4-6-13-26/h8-11,16,21-22H,4-7,12-15H2,1-3H3. The Balaban J connectivity index is 1.92. The second-order valence-corrected chi connectivity index (χ2v) is 8.61. The van der Waals surface area contributed by atoms with Crippen molar-refractivity contribution in [2.24, 2.45) is 10.9 Å². The van der Waals surface area contributed by atoms with Gasteiger partial charge in [-0.1, -0.05) is 18.6 Å². The van der Waals surface area contributed by atoms with Crippen LogP contribution in [0.5, 0.6) is 0 Å². The molecule has 9 heteroatoms. The molecule has 2 aliphatic rings. The molecular weight excluding hydrogens is 424 g/mol. The van der Waals surface area contributed by atoms with E-state index in [1.54, 1.807) is 24.0 Å². The fraction of sp³-hybridized carbons (Fsp3) is 0.542. The van der Waals surface area contributed by atoms with Crippen molar-refractivity contribution in [2.75, 3.05) is 33.3 Å². The number of carbonyl (C=O) groups is 2. The molecule has 0 radical (unpaired) electrons. The smallest absolute Gasteiger partial charge is 0.315 e. The minimum atomic E-state index is -0.722. The first-order chi connectivity index (χ1) is 15.9. The van der Waals surface area contributed by atoms with Gasteiger partial charge in [0.15, 0.2) is 0 Å². The number of allylic oxidation sites excluding steroid dienone is 2. The molecule has 1 saturated heterocycles. The maximum absolute atomic E-state index is 12.8. The maximum atomic E-state index is 12.8. The van der Waals surface area contributed by atoms with Crippen molar-refractivity contribution in [2.45, 2.75) is 45.4 Å². The maximum Gasteiger partial charge on any atom is 0.315 e. The molecule has 33 heavy (non-hydrogen) atoms. The van der Waals surface area contributed by atoms with Gasteiger partial charge in [-0.2, -0.15) is 0 Å². The number of benzene rings is 1. The summed E-state index contributed by atoms with van der Waals surface area (Å²) in [4.78, 5) is 44.3. The Bertz CT molecular complexity index is 935. The lowest BCUT2D eigenvalue weighted by molar-refractivity contribution is -0.384. The van der Waals surface area contributed by atoms with Gasteiger partial charge >= 0.3 is 5.97 Å². The molecule has 2 aliphatic heterocycles. The van der Waals surface area contributed by atoms with E-state index in [-0.39, 0.29) is 5.69 Å². The fourth-order valence-corrected chi connectivity index (χ4v) is 4.87. The van der Waals surface area contributed by atoms with Crippen LogP contribution in [-0.2, 0) is 14.3 Å². The zero-order chi connectivity index (χ0) is 24.0. The Kier molecular flexibility index (Phi) is 8.32. The van der Waals surface area contributed by atoms with E-state index in [9.17, 15) is 19.7 Å². The third-order valence-corrected chi connectivity index (χ3v) is 6.47. The van der Waals surface area contributed by atoms with Crippen LogP contribution in [0.4, 0.5) is 5.69 Å². The van der Waals surface area contributed by atoms with Crippen LogP contribution in [0.3, 0.4) is 0 Å². The summed E-state index contributed by atoms with van der Waals surface area (Å²) in [6, 6.07) is 6.11. The summed E-state index contributed by atoms with van der Waals surface area (Å²) >= 11 is 0. The highest BCUT2D eigenvalue weighted by molar-refractivity contribution is 6.03. The number of hydrogen-bond donors (Lipinski definition) is 0. The van der Waals surface area contributed by atoms with Gasteiger partial charge in [-0.15, -0.1) is 0 Å². The molecular formula is C24H32N4O5. The first-order valence-electron chi connectivity index (χ1n) is 11.4. The Morgan fingerprint density at radius 1 is 1.24 bits per heavy atom. The lowest BCUT2D eigenvalue weighted by Crippen LogP contribution is -2.40. The largest absolute Gasteiger partial charge is 0.468 e. The summed E-state index contributed by atoms with van der Waals surface area (Å²) in [5, 5.41) is 11.1. The summed E-state index contributed by atoms with van der Waals surface area (Å²) in [5.41, 5.74) is 2.54. The second kappa shape index (κ2) is 11.2. The van der Waals surface area contributed by atoms with E-state index in [0.717, 1.165) is 32.5 Å². The number of piperidine rings is 1. The summed E-state index contributed by atoms with van der Waals surface area (Å²) in [7, 11) is 1.32. The molecule has 2 heterocycles. The van der Waals surface area contributed by atoms with Crippen LogP contribution in [0.25, 0.3) is 0 Å². The first-order valence-corrected chi connectivity index (χ1v) is 11.4. The Morgan fingerprint density at radius 3 is 2.48 bits per heavy atom. The lowest BCUT2D eigenvalue weighted by Gasteiger charge is -2.36. The molecule has 2 atom stereocenters. The van der Waals surface area contributed by atoms with Gasteiger partial charge in [-0.05, 0) is 58.3 Å². The van der Waals surface area contributed by atoms with Gasteiger partial charge in [0.05, 0.1) is 23.4 Å². The molecule has 0 spiro atoms. The summed E-state index contributed by atoms with van der Waals surface area (Å²) in [6.45, 7) is 7.16. The van der Waals surface area contributed by atoms with Crippen LogP contribution in [0, 0.1) is 16.0 Å². The molecule has 0 aliphatic carbocycles.